The molecular weight excluding hydrogens is 402 g/mol. The minimum atomic E-state index is 0.186. The van der Waals surface area contributed by atoms with Crippen LogP contribution in [-0.2, 0) is 0 Å². The van der Waals surface area contributed by atoms with Crippen molar-refractivity contribution < 1.29 is 0 Å². The fourth-order valence-electron chi connectivity index (χ4n) is 6.49. The number of nitrogens with one attached hydrogen (secondary N) is 2. The highest BCUT2D eigenvalue weighted by Crippen LogP contribution is 2.41. The fourth-order valence-corrected chi connectivity index (χ4v) is 6.49. The van der Waals surface area contributed by atoms with Crippen molar-refractivity contribution in [3.63, 3.8) is 0 Å². The minimum Gasteiger partial charge on any atom is -0.381 e. The van der Waals surface area contributed by atoms with Crippen LogP contribution in [0.5, 0.6) is 0 Å². The van der Waals surface area contributed by atoms with Crippen molar-refractivity contribution in [3.05, 3.63) is 61.6 Å². The van der Waals surface area contributed by atoms with Crippen LogP contribution in [0.1, 0.15) is 90.4 Å². The molecule has 2 aliphatic heterocycles. The second-order valence-corrected chi connectivity index (χ2v) is 10.7. The second-order valence-electron chi connectivity index (χ2n) is 10.7. The normalized spacial score (nSPS) is 30.6. The molecule has 3 nitrogen and oxygen atoms in total. The molecule has 0 aromatic rings. The van der Waals surface area contributed by atoms with Crippen molar-refractivity contribution in [2.45, 2.75) is 102 Å². The SMILES string of the molecule is C=C/C=C\C=C/CC1CCC(CCC2N(C(=C)NCCC)CCCC23CCCC(=C)N3)CC1. The van der Waals surface area contributed by atoms with Gasteiger partial charge in [0.25, 0.3) is 0 Å². The van der Waals surface area contributed by atoms with Crippen molar-refractivity contribution in [2.24, 2.45) is 11.8 Å². The van der Waals surface area contributed by atoms with Crippen LogP contribution in [-0.4, -0.2) is 29.6 Å². The zero-order valence-corrected chi connectivity index (χ0v) is 21.3. The van der Waals surface area contributed by atoms with Crippen LogP contribution >= 0.6 is 0 Å². The maximum atomic E-state index is 4.46. The molecule has 3 aliphatic rings. The predicted molar refractivity (Wildman–Crippen MR) is 144 cm³/mol. The minimum absolute atomic E-state index is 0.186. The Kier molecular flexibility index (Phi) is 10.2. The summed E-state index contributed by atoms with van der Waals surface area (Å²) in [6.07, 6.45) is 27.2. The highest BCUT2D eigenvalue weighted by Gasteiger charge is 2.46. The van der Waals surface area contributed by atoms with Gasteiger partial charge in [0.15, 0.2) is 0 Å². The molecule has 2 atom stereocenters. The molecule has 2 saturated heterocycles. The number of hydrogen-bond donors (Lipinski definition) is 2. The average molecular weight is 452 g/mol. The first kappa shape index (κ1) is 25.7. The lowest BCUT2D eigenvalue weighted by Gasteiger charge is -2.54. The average Bonchev–Trinajstić information content (AvgIpc) is 2.82. The van der Waals surface area contributed by atoms with Crippen molar-refractivity contribution in [1.29, 1.82) is 0 Å². The topological polar surface area (TPSA) is 27.3 Å². The van der Waals surface area contributed by atoms with E-state index in [1.54, 1.807) is 0 Å². The van der Waals surface area contributed by atoms with Crippen molar-refractivity contribution >= 4 is 0 Å². The molecule has 1 spiro atoms. The molecule has 33 heavy (non-hydrogen) atoms. The summed E-state index contributed by atoms with van der Waals surface area (Å²) in [5.74, 6) is 2.89. The summed E-state index contributed by atoms with van der Waals surface area (Å²) < 4.78 is 0. The summed E-state index contributed by atoms with van der Waals surface area (Å²) in [5.41, 5.74) is 1.43. The Labute approximate surface area is 204 Å². The van der Waals surface area contributed by atoms with E-state index in [4.69, 9.17) is 0 Å². The van der Waals surface area contributed by atoms with Gasteiger partial charge in [-0.25, -0.2) is 0 Å². The largest absolute Gasteiger partial charge is 0.381 e. The first-order valence-electron chi connectivity index (χ1n) is 13.7. The molecule has 3 fully saturated rings. The lowest BCUT2D eigenvalue weighted by Crippen LogP contribution is -2.65. The van der Waals surface area contributed by atoms with E-state index >= 15 is 0 Å². The summed E-state index contributed by atoms with van der Waals surface area (Å²) in [5, 5.41) is 7.54. The van der Waals surface area contributed by atoms with Crippen molar-refractivity contribution in [3.8, 4) is 0 Å². The van der Waals surface area contributed by atoms with E-state index in [0.717, 1.165) is 43.6 Å². The smallest absolute Gasteiger partial charge is 0.0942 e. The van der Waals surface area contributed by atoms with Gasteiger partial charge in [-0.1, -0.05) is 69.9 Å². The number of allylic oxidation sites excluding steroid dienone is 6. The summed E-state index contributed by atoms with van der Waals surface area (Å²) in [4.78, 5) is 2.62. The van der Waals surface area contributed by atoms with E-state index < -0.39 is 0 Å². The zero-order valence-electron chi connectivity index (χ0n) is 21.3. The van der Waals surface area contributed by atoms with E-state index in [1.807, 2.05) is 12.2 Å². The van der Waals surface area contributed by atoms with Crippen molar-refractivity contribution in [1.82, 2.24) is 15.5 Å². The number of likely N-dealkylation sites (tertiary alicyclic amines) is 1. The summed E-state index contributed by atoms with van der Waals surface area (Å²) in [7, 11) is 0. The van der Waals surface area contributed by atoms with Crippen LogP contribution in [0.15, 0.2) is 61.6 Å². The highest BCUT2D eigenvalue weighted by molar-refractivity contribution is 5.15. The Morgan fingerprint density at radius 2 is 1.85 bits per heavy atom. The fraction of sp³-hybridized carbons (Fsp3) is 0.667. The first-order chi connectivity index (χ1) is 16.1. The Balaban J connectivity index is 1.57. The van der Waals surface area contributed by atoms with Gasteiger partial charge < -0.3 is 15.5 Å². The van der Waals surface area contributed by atoms with Crippen LogP contribution in [0, 0.1) is 11.8 Å². The lowest BCUT2D eigenvalue weighted by molar-refractivity contribution is 0.0457. The molecule has 184 valence electrons. The van der Waals surface area contributed by atoms with Gasteiger partial charge in [0.2, 0.25) is 0 Å². The Morgan fingerprint density at radius 1 is 1.09 bits per heavy atom. The quantitative estimate of drug-likeness (QED) is 0.325. The van der Waals surface area contributed by atoms with Crippen LogP contribution in [0.3, 0.4) is 0 Å². The Morgan fingerprint density at radius 3 is 2.58 bits per heavy atom. The van der Waals surface area contributed by atoms with Gasteiger partial charge in [-0.05, 0) is 82.5 Å². The van der Waals surface area contributed by atoms with Gasteiger partial charge in [0.1, 0.15) is 0 Å². The standard InChI is InChI=1S/C30H49N3/c1-5-7-8-9-10-14-27-15-17-28(18-16-27)19-20-29-30(21-11-13-25(3)32-30)22-12-24-33(29)26(4)31-23-6-2/h5,7-10,27-29,31-32H,1,3-4,6,11-24H2,2H3/b8-7-,10-9-. The molecule has 0 amide bonds. The van der Waals surface area contributed by atoms with Gasteiger partial charge in [-0.3, -0.25) is 0 Å². The van der Waals surface area contributed by atoms with Gasteiger partial charge in [-0.15, -0.1) is 0 Å². The molecule has 2 N–H and O–H groups in total. The second kappa shape index (κ2) is 13.1. The van der Waals surface area contributed by atoms with E-state index in [2.05, 4.69) is 60.4 Å². The number of hydrogen-bond acceptors (Lipinski definition) is 3. The molecule has 0 aromatic heterocycles. The predicted octanol–water partition coefficient (Wildman–Crippen LogP) is 7.22. The van der Waals surface area contributed by atoms with Gasteiger partial charge in [0, 0.05) is 18.8 Å². The molecule has 3 rings (SSSR count). The molecule has 2 unspecified atom stereocenters. The third-order valence-corrected chi connectivity index (χ3v) is 8.27. The summed E-state index contributed by atoms with van der Waals surface area (Å²) >= 11 is 0. The maximum absolute atomic E-state index is 4.46. The van der Waals surface area contributed by atoms with Crippen LogP contribution < -0.4 is 10.6 Å². The van der Waals surface area contributed by atoms with Crippen molar-refractivity contribution in [2.75, 3.05) is 13.1 Å². The summed E-state index contributed by atoms with van der Waals surface area (Å²) in [6, 6.07) is 0.525. The monoisotopic (exact) mass is 451 g/mol. The van der Waals surface area contributed by atoms with E-state index in [9.17, 15) is 0 Å². The number of rotatable bonds is 11. The lowest BCUT2D eigenvalue weighted by atomic mass is 9.71. The van der Waals surface area contributed by atoms with Crippen LogP contribution in [0.25, 0.3) is 0 Å². The third-order valence-electron chi connectivity index (χ3n) is 8.27. The molecular formula is C30H49N3. The van der Waals surface area contributed by atoms with Gasteiger partial charge in [-0.2, -0.15) is 0 Å². The van der Waals surface area contributed by atoms with Crippen LogP contribution in [0.2, 0.25) is 0 Å². The number of piperidine rings is 2. The third kappa shape index (κ3) is 7.29. The van der Waals surface area contributed by atoms with E-state index in [-0.39, 0.29) is 5.54 Å². The Bertz CT molecular complexity index is 693. The highest BCUT2D eigenvalue weighted by atomic mass is 15.3. The molecule has 1 aliphatic carbocycles. The molecule has 3 heteroatoms. The Hall–Kier alpha value is -1.90. The zero-order chi connectivity index (χ0) is 23.5. The van der Waals surface area contributed by atoms with Gasteiger partial charge in [0.05, 0.1) is 17.4 Å². The van der Waals surface area contributed by atoms with Gasteiger partial charge >= 0.3 is 0 Å². The van der Waals surface area contributed by atoms with Crippen LogP contribution in [0.4, 0.5) is 0 Å². The molecule has 1 saturated carbocycles. The summed E-state index contributed by atoms with van der Waals surface area (Å²) in [6.45, 7) is 16.9. The molecule has 2 heterocycles. The van der Waals surface area contributed by atoms with E-state index in [1.165, 1.54) is 76.3 Å². The first-order valence-corrected chi connectivity index (χ1v) is 13.7. The number of nitrogens with zero attached hydrogens (tertiary/aromatic N) is 1. The molecule has 0 bridgehead atoms. The maximum Gasteiger partial charge on any atom is 0.0942 e. The molecule has 0 aromatic carbocycles. The molecule has 0 radical (unpaired) electrons. The van der Waals surface area contributed by atoms with E-state index in [0.29, 0.717) is 6.04 Å².